The number of para-hydroxylation sites is 1. The first-order valence-electron chi connectivity index (χ1n) is 7.21. The van der Waals surface area contributed by atoms with Crippen molar-refractivity contribution in [3.8, 4) is 17.2 Å². The predicted octanol–water partition coefficient (Wildman–Crippen LogP) is 2.92. The Morgan fingerprint density at radius 1 is 0.957 bits per heavy atom. The predicted molar refractivity (Wildman–Crippen MR) is 89.7 cm³/mol. The molecule has 5 heteroatoms. The second-order valence-corrected chi connectivity index (χ2v) is 5.00. The van der Waals surface area contributed by atoms with Crippen molar-refractivity contribution in [1.82, 2.24) is 0 Å². The van der Waals surface area contributed by atoms with E-state index in [1.807, 2.05) is 30.3 Å². The molecular formula is C18H21NO4. The van der Waals surface area contributed by atoms with Crippen LogP contribution in [0.25, 0.3) is 0 Å². The molecule has 0 aliphatic carbocycles. The zero-order valence-corrected chi connectivity index (χ0v) is 13.8. The van der Waals surface area contributed by atoms with Gasteiger partial charge in [-0.25, -0.2) is 0 Å². The minimum absolute atomic E-state index is 0.0227. The SMILES string of the molecule is COc1cc(CC(=O)N(C)c2ccccc2)cc(OC)c1OC. The molecule has 0 radical (unpaired) electrons. The minimum atomic E-state index is -0.0227. The highest BCUT2D eigenvalue weighted by molar-refractivity contribution is 5.94. The van der Waals surface area contributed by atoms with Crippen molar-refractivity contribution in [3.63, 3.8) is 0 Å². The van der Waals surface area contributed by atoms with Crippen molar-refractivity contribution in [2.24, 2.45) is 0 Å². The number of amides is 1. The molecule has 0 atom stereocenters. The highest BCUT2D eigenvalue weighted by Gasteiger charge is 2.17. The van der Waals surface area contributed by atoms with Crippen molar-refractivity contribution in [2.45, 2.75) is 6.42 Å². The van der Waals surface area contributed by atoms with Crippen LogP contribution >= 0.6 is 0 Å². The largest absolute Gasteiger partial charge is 0.493 e. The van der Waals surface area contributed by atoms with E-state index in [9.17, 15) is 4.79 Å². The number of carbonyl (C=O) groups excluding carboxylic acids is 1. The smallest absolute Gasteiger partial charge is 0.231 e. The topological polar surface area (TPSA) is 48.0 Å². The van der Waals surface area contributed by atoms with Gasteiger partial charge in [-0.3, -0.25) is 4.79 Å². The van der Waals surface area contributed by atoms with Crippen LogP contribution in [0.3, 0.4) is 0 Å². The van der Waals surface area contributed by atoms with Crippen LogP contribution in [0.2, 0.25) is 0 Å². The molecule has 0 bridgehead atoms. The third kappa shape index (κ3) is 3.74. The fraction of sp³-hybridized carbons (Fsp3) is 0.278. The van der Waals surface area contributed by atoms with Gasteiger partial charge in [-0.05, 0) is 29.8 Å². The summed E-state index contributed by atoms with van der Waals surface area (Å²) < 4.78 is 15.9. The van der Waals surface area contributed by atoms with Crippen LogP contribution in [-0.2, 0) is 11.2 Å². The lowest BCUT2D eigenvalue weighted by Gasteiger charge is -2.18. The quantitative estimate of drug-likeness (QED) is 0.822. The maximum Gasteiger partial charge on any atom is 0.231 e. The normalized spacial score (nSPS) is 10.1. The van der Waals surface area contributed by atoms with Crippen LogP contribution in [0.5, 0.6) is 17.2 Å². The van der Waals surface area contributed by atoms with Crippen LogP contribution in [0.1, 0.15) is 5.56 Å². The number of hydrogen-bond acceptors (Lipinski definition) is 4. The maximum atomic E-state index is 12.5. The number of hydrogen-bond donors (Lipinski definition) is 0. The van der Waals surface area contributed by atoms with E-state index in [-0.39, 0.29) is 12.3 Å². The van der Waals surface area contributed by atoms with Crippen molar-refractivity contribution < 1.29 is 19.0 Å². The van der Waals surface area contributed by atoms with Crippen molar-refractivity contribution in [3.05, 3.63) is 48.0 Å². The minimum Gasteiger partial charge on any atom is -0.493 e. The van der Waals surface area contributed by atoms with Gasteiger partial charge in [0.15, 0.2) is 11.5 Å². The van der Waals surface area contributed by atoms with Gasteiger partial charge in [0, 0.05) is 12.7 Å². The van der Waals surface area contributed by atoms with E-state index in [1.165, 1.54) is 0 Å². The zero-order chi connectivity index (χ0) is 16.8. The summed E-state index contributed by atoms with van der Waals surface area (Å²) >= 11 is 0. The van der Waals surface area contributed by atoms with Crippen LogP contribution in [-0.4, -0.2) is 34.3 Å². The molecule has 0 saturated heterocycles. The molecule has 0 spiro atoms. The van der Waals surface area contributed by atoms with E-state index in [1.54, 1.807) is 45.4 Å². The van der Waals surface area contributed by atoms with Gasteiger partial charge in [0.25, 0.3) is 0 Å². The van der Waals surface area contributed by atoms with Crippen LogP contribution in [0.15, 0.2) is 42.5 Å². The highest BCUT2D eigenvalue weighted by atomic mass is 16.5. The van der Waals surface area contributed by atoms with Crippen molar-refractivity contribution in [2.75, 3.05) is 33.3 Å². The van der Waals surface area contributed by atoms with Gasteiger partial charge >= 0.3 is 0 Å². The van der Waals surface area contributed by atoms with E-state index in [4.69, 9.17) is 14.2 Å². The third-order valence-electron chi connectivity index (χ3n) is 3.60. The summed E-state index contributed by atoms with van der Waals surface area (Å²) in [5, 5.41) is 0. The average Bonchev–Trinajstić information content (AvgIpc) is 2.60. The summed E-state index contributed by atoms with van der Waals surface area (Å²) in [6, 6.07) is 13.1. The molecule has 122 valence electrons. The Morgan fingerprint density at radius 3 is 2.00 bits per heavy atom. The molecular weight excluding hydrogens is 294 g/mol. The molecule has 0 heterocycles. The number of anilines is 1. The first-order chi connectivity index (χ1) is 11.1. The van der Waals surface area contributed by atoms with Crippen LogP contribution in [0.4, 0.5) is 5.69 Å². The zero-order valence-electron chi connectivity index (χ0n) is 13.8. The van der Waals surface area contributed by atoms with Gasteiger partial charge in [0.1, 0.15) is 0 Å². The summed E-state index contributed by atoms with van der Waals surface area (Å²) in [4.78, 5) is 14.1. The summed E-state index contributed by atoms with van der Waals surface area (Å²) in [6.07, 6.45) is 0.238. The monoisotopic (exact) mass is 315 g/mol. The molecule has 0 unspecified atom stereocenters. The number of methoxy groups -OCH3 is 3. The molecule has 2 aromatic carbocycles. The number of benzene rings is 2. The van der Waals surface area contributed by atoms with E-state index in [2.05, 4.69) is 0 Å². The van der Waals surface area contributed by atoms with Gasteiger partial charge in [0.05, 0.1) is 27.8 Å². The Kier molecular flexibility index (Phi) is 5.46. The molecule has 2 rings (SSSR count). The molecule has 0 saturated carbocycles. The van der Waals surface area contributed by atoms with Crippen LogP contribution < -0.4 is 19.1 Å². The van der Waals surface area contributed by atoms with E-state index in [0.29, 0.717) is 17.2 Å². The highest BCUT2D eigenvalue weighted by Crippen LogP contribution is 2.38. The van der Waals surface area contributed by atoms with E-state index >= 15 is 0 Å². The van der Waals surface area contributed by atoms with Gasteiger partial charge in [0.2, 0.25) is 11.7 Å². The molecule has 0 fully saturated rings. The summed E-state index contributed by atoms with van der Waals surface area (Å²) in [5.74, 6) is 1.57. The summed E-state index contributed by atoms with van der Waals surface area (Å²) in [7, 11) is 6.42. The lowest BCUT2D eigenvalue weighted by Crippen LogP contribution is -2.27. The van der Waals surface area contributed by atoms with Crippen LogP contribution in [0, 0.1) is 0 Å². The Hall–Kier alpha value is -2.69. The van der Waals surface area contributed by atoms with E-state index in [0.717, 1.165) is 11.3 Å². The second-order valence-electron chi connectivity index (χ2n) is 5.00. The van der Waals surface area contributed by atoms with Gasteiger partial charge in [-0.15, -0.1) is 0 Å². The number of likely N-dealkylation sites (N-methyl/N-ethyl adjacent to an activating group) is 1. The number of ether oxygens (including phenoxy) is 3. The second kappa shape index (κ2) is 7.54. The van der Waals surface area contributed by atoms with E-state index < -0.39 is 0 Å². The Bertz CT molecular complexity index is 645. The molecule has 5 nitrogen and oxygen atoms in total. The lowest BCUT2D eigenvalue weighted by atomic mass is 10.1. The van der Waals surface area contributed by atoms with Crippen molar-refractivity contribution in [1.29, 1.82) is 0 Å². The molecule has 0 aliphatic rings. The first kappa shape index (κ1) is 16.7. The lowest BCUT2D eigenvalue weighted by molar-refractivity contribution is -0.117. The number of carbonyl (C=O) groups is 1. The fourth-order valence-electron chi connectivity index (χ4n) is 2.33. The molecule has 0 N–H and O–H groups in total. The third-order valence-corrected chi connectivity index (χ3v) is 3.60. The van der Waals surface area contributed by atoms with Gasteiger partial charge in [-0.2, -0.15) is 0 Å². The molecule has 1 amide bonds. The molecule has 0 aliphatic heterocycles. The fourth-order valence-corrected chi connectivity index (χ4v) is 2.33. The summed E-state index contributed by atoms with van der Waals surface area (Å²) in [6.45, 7) is 0. The molecule has 23 heavy (non-hydrogen) atoms. The summed E-state index contributed by atoms with van der Waals surface area (Å²) in [5.41, 5.74) is 1.65. The van der Waals surface area contributed by atoms with Gasteiger partial charge in [-0.1, -0.05) is 18.2 Å². The standard InChI is InChI=1S/C18H21NO4/c1-19(14-8-6-5-7-9-14)17(20)12-13-10-15(21-2)18(23-4)16(11-13)22-3/h5-11H,12H2,1-4H3. The number of nitrogens with zero attached hydrogens (tertiary/aromatic N) is 1. The molecule has 2 aromatic rings. The molecule has 0 aromatic heterocycles. The Labute approximate surface area is 136 Å². The van der Waals surface area contributed by atoms with Gasteiger partial charge < -0.3 is 19.1 Å². The maximum absolute atomic E-state index is 12.5. The number of rotatable bonds is 6. The first-order valence-corrected chi connectivity index (χ1v) is 7.21. The van der Waals surface area contributed by atoms with Crippen molar-refractivity contribution >= 4 is 11.6 Å². The Morgan fingerprint density at radius 2 is 1.52 bits per heavy atom. The Balaban J connectivity index is 2.24. The average molecular weight is 315 g/mol.